The number of amides is 4. The van der Waals surface area contributed by atoms with E-state index in [1.54, 1.807) is 6.92 Å². The van der Waals surface area contributed by atoms with E-state index >= 15 is 0 Å². The third-order valence-corrected chi connectivity index (χ3v) is 11.0. The van der Waals surface area contributed by atoms with Crippen molar-refractivity contribution < 1.29 is 53.9 Å². The molecule has 0 unspecified atom stereocenters. The summed E-state index contributed by atoms with van der Waals surface area (Å²) < 4.78 is 11.8. The summed E-state index contributed by atoms with van der Waals surface area (Å²) in [5.74, 6) is -5.13. The van der Waals surface area contributed by atoms with Gasteiger partial charge in [-0.2, -0.15) is 0 Å². The number of ether oxygens (including phenoxy) is 2. The van der Waals surface area contributed by atoms with Gasteiger partial charge >= 0.3 is 5.97 Å². The molecule has 0 saturated carbocycles. The Hall–Kier alpha value is -6.71. The van der Waals surface area contributed by atoms with Crippen molar-refractivity contribution in [2.45, 2.75) is 82.8 Å². The highest BCUT2D eigenvalue weighted by Gasteiger charge is 2.37. The number of nitrogens with zero attached hydrogens (tertiary/aromatic N) is 3. The lowest BCUT2D eigenvalue weighted by atomic mass is 9.87. The number of likely N-dealkylation sites (N-methyl/N-ethyl adjacent to an activating group) is 1. The van der Waals surface area contributed by atoms with Crippen LogP contribution in [0.15, 0.2) is 60.8 Å². The lowest BCUT2D eigenvalue weighted by molar-refractivity contribution is -0.143. The number of rotatable bonds is 15. The Kier molecular flexibility index (Phi) is 16.4. The van der Waals surface area contributed by atoms with E-state index in [9.17, 15) is 44.4 Å². The summed E-state index contributed by atoms with van der Waals surface area (Å²) in [6.45, 7) is 7.72. The number of carboxylic acids is 1. The number of phenolic OH excluding ortho intramolecular Hbond substituents is 1. The Bertz CT molecular complexity index is 2430. The molecule has 5 rings (SSSR count). The van der Waals surface area contributed by atoms with Crippen molar-refractivity contribution in [2.24, 2.45) is 17.2 Å². The van der Waals surface area contributed by atoms with Crippen LogP contribution in [0, 0.1) is 6.92 Å². The first-order valence-electron chi connectivity index (χ1n) is 21.2. The van der Waals surface area contributed by atoms with Gasteiger partial charge in [0.25, 0.3) is 5.91 Å². The fourth-order valence-electron chi connectivity index (χ4n) is 7.07. The van der Waals surface area contributed by atoms with E-state index in [1.165, 1.54) is 50.5 Å². The molecular formula is C46H59N9O11. The van der Waals surface area contributed by atoms with Crippen molar-refractivity contribution in [1.82, 2.24) is 30.8 Å². The van der Waals surface area contributed by atoms with Crippen molar-refractivity contribution in [3.8, 4) is 39.8 Å². The number of carbonyl (C=O) groups is 5. The van der Waals surface area contributed by atoms with E-state index in [-0.39, 0.29) is 65.3 Å². The van der Waals surface area contributed by atoms with Gasteiger partial charge in [-0.15, -0.1) is 0 Å². The maximum atomic E-state index is 14.5. The van der Waals surface area contributed by atoms with E-state index in [0.29, 0.717) is 17.1 Å². The van der Waals surface area contributed by atoms with Gasteiger partial charge in [-0.05, 0) is 60.2 Å². The number of carbonyl (C=O) groups excluding carboxylic acids is 4. The first-order valence-corrected chi connectivity index (χ1v) is 21.2. The molecule has 13 N–H and O–H groups in total. The molecule has 0 fully saturated rings. The fourth-order valence-corrected chi connectivity index (χ4v) is 7.07. The lowest BCUT2D eigenvalue weighted by Crippen LogP contribution is -2.56. The average Bonchev–Trinajstić information content (AvgIpc) is 3.28. The fraction of sp³-hybridized carbons (Fsp3) is 0.413. The minimum atomic E-state index is -1.67. The first-order chi connectivity index (χ1) is 31.2. The number of aromatic nitrogens is 2. The summed E-state index contributed by atoms with van der Waals surface area (Å²) in [6, 6.07) is 8.90. The number of benzene rings is 3. The molecule has 0 aliphatic carbocycles. The van der Waals surface area contributed by atoms with E-state index in [0.717, 1.165) is 16.0 Å². The van der Waals surface area contributed by atoms with Gasteiger partial charge in [0.15, 0.2) is 17.3 Å². The van der Waals surface area contributed by atoms with Crippen LogP contribution in [0.2, 0.25) is 0 Å². The van der Waals surface area contributed by atoms with Crippen molar-refractivity contribution >= 4 is 29.6 Å². The molecule has 2 heterocycles. The average molecular weight is 914 g/mol. The molecule has 4 bridgehead atoms. The van der Waals surface area contributed by atoms with E-state index in [1.807, 2.05) is 24.3 Å². The van der Waals surface area contributed by atoms with Crippen molar-refractivity contribution in [3.63, 3.8) is 0 Å². The Balaban J connectivity index is 1.59. The highest BCUT2D eigenvalue weighted by atomic mass is 16.5. The van der Waals surface area contributed by atoms with Crippen LogP contribution in [0.1, 0.15) is 66.5 Å². The van der Waals surface area contributed by atoms with Gasteiger partial charge in [-0.25, -0.2) is 14.8 Å². The lowest BCUT2D eigenvalue weighted by Gasteiger charge is -2.32. The van der Waals surface area contributed by atoms with Crippen LogP contribution in [0.3, 0.4) is 0 Å². The summed E-state index contributed by atoms with van der Waals surface area (Å²) in [5.41, 5.74) is 19.9. The van der Waals surface area contributed by atoms with Crippen molar-refractivity contribution in [2.75, 3.05) is 39.9 Å². The quantitative estimate of drug-likeness (QED) is 0.0772. The van der Waals surface area contributed by atoms with Crippen LogP contribution in [0.4, 0.5) is 0 Å². The number of hydrogen-bond donors (Lipinski definition) is 10. The number of aryl methyl sites for hydroxylation is 1. The summed E-state index contributed by atoms with van der Waals surface area (Å²) in [6.07, 6.45) is -1.20. The predicted molar refractivity (Wildman–Crippen MR) is 242 cm³/mol. The summed E-state index contributed by atoms with van der Waals surface area (Å²) in [5, 5.41) is 50.2. The number of phenols is 1. The third-order valence-electron chi connectivity index (χ3n) is 11.0. The zero-order valence-corrected chi connectivity index (χ0v) is 37.7. The molecule has 3 aromatic carbocycles. The number of fused-ring (bicyclic) bond motifs is 5. The highest BCUT2D eigenvalue weighted by Crippen LogP contribution is 2.45. The van der Waals surface area contributed by atoms with Crippen LogP contribution in [-0.4, -0.2) is 135 Å². The van der Waals surface area contributed by atoms with Gasteiger partial charge in [0.05, 0.1) is 11.3 Å². The molecule has 4 aromatic rings. The standard InChI is InChI=1S/C46H59N9O11/c1-23-33(20-50-40(51-23)26-8-10-28(11-9-26)46(3,4)5)42(60)54-35(19-49)44(62)55(6)38-27-15-32(39(58)37(16-27)66-22-30(57)18-48)31-13-25(7-12-36(31)65-21-29(56)17-47)14-34(45(63)64)53-41(59)24(2)52-43(38)61/h7-13,15-16,20,24,29-30,34-35,38,56-58H,14,17-19,21-22,47-49H2,1-6H3,(H,52,61)(H,53,59)(H,54,60)(H,63,64)/t24-,29+,30+,34-,35-,38-/m0/s1. The van der Waals surface area contributed by atoms with Gasteiger partial charge in [-0.1, -0.05) is 51.1 Å². The largest absolute Gasteiger partial charge is 0.504 e. The smallest absolute Gasteiger partial charge is 0.326 e. The zero-order chi connectivity index (χ0) is 48.6. The third kappa shape index (κ3) is 11.9. The highest BCUT2D eigenvalue weighted by molar-refractivity contribution is 6.00. The van der Waals surface area contributed by atoms with Gasteiger partial charge in [0.1, 0.15) is 55.3 Å². The summed E-state index contributed by atoms with van der Waals surface area (Å²) >= 11 is 0. The van der Waals surface area contributed by atoms with Gasteiger partial charge in [0.2, 0.25) is 17.7 Å². The second kappa shape index (κ2) is 21.5. The molecule has 0 spiro atoms. The molecule has 20 nitrogen and oxygen atoms in total. The molecule has 0 radical (unpaired) electrons. The van der Waals surface area contributed by atoms with E-state index in [4.69, 9.17) is 26.7 Å². The van der Waals surface area contributed by atoms with Crippen LogP contribution in [-0.2, 0) is 31.0 Å². The number of aromatic hydroxyl groups is 1. The second-order valence-electron chi connectivity index (χ2n) is 17.1. The second-order valence-corrected chi connectivity index (χ2v) is 17.1. The monoisotopic (exact) mass is 913 g/mol. The normalized spacial score (nSPS) is 17.8. The van der Waals surface area contributed by atoms with Gasteiger partial charge < -0.3 is 68.0 Å². The Morgan fingerprint density at radius 1 is 0.894 bits per heavy atom. The number of nitrogens with one attached hydrogen (secondary N) is 3. The number of carboxylic acid groups (broad SMARTS) is 1. The molecule has 66 heavy (non-hydrogen) atoms. The maximum absolute atomic E-state index is 14.5. The number of aliphatic hydroxyl groups is 2. The molecule has 20 heteroatoms. The van der Waals surface area contributed by atoms with Crippen LogP contribution < -0.4 is 42.6 Å². The minimum absolute atomic E-state index is 0.00252. The van der Waals surface area contributed by atoms with Crippen molar-refractivity contribution in [3.05, 3.63) is 88.7 Å². The molecular weight excluding hydrogens is 855 g/mol. The first kappa shape index (κ1) is 50.3. The summed E-state index contributed by atoms with van der Waals surface area (Å²) in [7, 11) is 1.26. The summed E-state index contributed by atoms with van der Waals surface area (Å²) in [4.78, 5) is 78.7. The SMILES string of the molecule is Cc1nc(-c2ccc(C(C)(C)C)cc2)ncc1C(=O)N[C@@H](CN)C(=O)N(C)[C@@H]1C(=O)N[C@@H](C)C(=O)N[C@H](C(=O)O)Cc2ccc(OC[C@H](O)CN)c(c2)-c2cc1cc(OC[C@H](O)CN)c2O. The minimum Gasteiger partial charge on any atom is -0.504 e. The van der Waals surface area contributed by atoms with Gasteiger partial charge in [-0.3, -0.25) is 19.2 Å². The van der Waals surface area contributed by atoms with Crippen molar-refractivity contribution in [1.29, 1.82) is 0 Å². The van der Waals surface area contributed by atoms with Crippen LogP contribution >= 0.6 is 0 Å². The Morgan fingerprint density at radius 2 is 1.53 bits per heavy atom. The number of nitrogens with two attached hydrogens (primary N) is 3. The molecule has 6 atom stereocenters. The van der Waals surface area contributed by atoms with Crippen LogP contribution in [0.5, 0.6) is 17.2 Å². The molecule has 1 aromatic heterocycles. The Labute approximate surface area is 381 Å². The molecule has 0 saturated heterocycles. The topological polar surface area (TPSA) is 328 Å². The van der Waals surface area contributed by atoms with Crippen LogP contribution in [0.25, 0.3) is 22.5 Å². The predicted octanol–water partition coefficient (Wildman–Crippen LogP) is 0.406. The molecule has 4 amide bonds. The number of aliphatic carboxylic acids is 1. The number of hydrogen-bond acceptors (Lipinski definition) is 15. The van der Waals surface area contributed by atoms with Gasteiger partial charge in [0, 0.05) is 56.0 Å². The zero-order valence-electron chi connectivity index (χ0n) is 37.7. The van der Waals surface area contributed by atoms with E-state index < -0.39 is 84.9 Å². The molecule has 1 aliphatic heterocycles. The Morgan fingerprint density at radius 3 is 2.11 bits per heavy atom. The molecule has 354 valence electrons. The maximum Gasteiger partial charge on any atom is 0.326 e. The number of aliphatic hydroxyl groups excluding tert-OH is 2. The molecule has 1 aliphatic rings. The van der Waals surface area contributed by atoms with E-state index in [2.05, 4.69) is 46.7 Å².